The van der Waals surface area contributed by atoms with E-state index in [0.29, 0.717) is 11.3 Å². The number of benzene rings is 1. The number of aryl methyl sites for hydroxylation is 3. The summed E-state index contributed by atoms with van der Waals surface area (Å²) in [5.41, 5.74) is 5.60. The molecular weight excluding hydrogens is 254 g/mol. The van der Waals surface area contributed by atoms with Gasteiger partial charge in [-0.2, -0.15) is 0 Å². The molecule has 0 aliphatic heterocycles. The maximum atomic E-state index is 6.41. The van der Waals surface area contributed by atoms with Crippen molar-refractivity contribution in [3.8, 4) is 0 Å². The highest BCUT2D eigenvalue weighted by Gasteiger charge is 2.22. The Kier molecular flexibility index (Phi) is 5.29. The Balaban J connectivity index is 1.89. The van der Waals surface area contributed by atoms with Crippen molar-refractivity contribution in [3.63, 3.8) is 0 Å². The van der Waals surface area contributed by atoms with Gasteiger partial charge in [0.2, 0.25) is 0 Å². The minimum atomic E-state index is 0.376. The van der Waals surface area contributed by atoms with Gasteiger partial charge in [0.15, 0.2) is 0 Å². The molecule has 1 nitrogen and oxygen atoms in total. The molecule has 1 aliphatic rings. The van der Waals surface area contributed by atoms with E-state index in [9.17, 15) is 0 Å². The molecule has 2 heteroatoms. The normalized spacial score (nSPS) is 23.6. The van der Waals surface area contributed by atoms with Crippen molar-refractivity contribution in [2.45, 2.75) is 58.4 Å². The molecule has 0 aromatic heterocycles. The van der Waals surface area contributed by atoms with Crippen molar-refractivity contribution in [1.82, 2.24) is 5.32 Å². The van der Waals surface area contributed by atoms with Crippen molar-refractivity contribution < 1.29 is 0 Å². The van der Waals surface area contributed by atoms with Crippen LogP contribution in [0, 0.1) is 26.7 Å². The highest BCUT2D eigenvalue weighted by Crippen LogP contribution is 2.28. The molecular formula is C17H26ClN. The number of rotatable bonds is 4. The van der Waals surface area contributed by atoms with Gasteiger partial charge < -0.3 is 5.32 Å². The minimum absolute atomic E-state index is 0.376. The summed E-state index contributed by atoms with van der Waals surface area (Å²) in [5.74, 6) is 0.654. The van der Waals surface area contributed by atoms with E-state index in [1.807, 2.05) is 0 Å². The number of alkyl halides is 1. The SMILES string of the molecule is Cc1cc(C)c(CNCC2CCCCC2Cl)c(C)c1. The van der Waals surface area contributed by atoms with Crippen LogP contribution >= 0.6 is 11.6 Å². The third-order valence-electron chi connectivity index (χ3n) is 4.36. The number of nitrogens with one attached hydrogen (secondary N) is 1. The second kappa shape index (κ2) is 6.76. The van der Waals surface area contributed by atoms with Gasteiger partial charge in [-0.3, -0.25) is 0 Å². The average molecular weight is 280 g/mol. The summed E-state index contributed by atoms with van der Waals surface area (Å²) in [6.07, 6.45) is 5.13. The van der Waals surface area contributed by atoms with Gasteiger partial charge >= 0.3 is 0 Å². The smallest absolute Gasteiger partial charge is 0.0376 e. The number of halogens is 1. The Morgan fingerprint density at radius 3 is 2.37 bits per heavy atom. The fourth-order valence-electron chi connectivity index (χ4n) is 3.26. The van der Waals surface area contributed by atoms with Crippen LogP contribution in [-0.4, -0.2) is 11.9 Å². The van der Waals surface area contributed by atoms with Crippen LogP contribution in [0.25, 0.3) is 0 Å². The van der Waals surface area contributed by atoms with Crippen molar-refractivity contribution in [2.75, 3.05) is 6.54 Å². The summed E-state index contributed by atoms with van der Waals surface area (Å²) >= 11 is 6.41. The fourth-order valence-corrected chi connectivity index (χ4v) is 3.63. The monoisotopic (exact) mass is 279 g/mol. The van der Waals surface area contributed by atoms with Crippen LogP contribution in [0.3, 0.4) is 0 Å². The molecule has 106 valence electrons. The molecule has 2 unspecified atom stereocenters. The standard InChI is InChI=1S/C17H26ClN/c1-12-8-13(2)16(14(3)9-12)11-19-10-15-6-4-5-7-17(15)18/h8-9,15,17,19H,4-7,10-11H2,1-3H3. The summed E-state index contributed by atoms with van der Waals surface area (Å²) in [4.78, 5) is 0. The maximum absolute atomic E-state index is 6.41. The van der Waals surface area contributed by atoms with E-state index in [2.05, 4.69) is 38.2 Å². The molecule has 2 atom stereocenters. The highest BCUT2D eigenvalue weighted by atomic mass is 35.5. The molecule has 1 N–H and O–H groups in total. The van der Waals surface area contributed by atoms with Crippen LogP contribution in [0.4, 0.5) is 0 Å². The van der Waals surface area contributed by atoms with Gasteiger partial charge in [0.05, 0.1) is 0 Å². The molecule has 0 saturated heterocycles. The van der Waals surface area contributed by atoms with E-state index in [0.717, 1.165) is 13.1 Å². The summed E-state index contributed by atoms with van der Waals surface area (Å²) in [6.45, 7) is 8.61. The largest absolute Gasteiger partial charge is 0.312 e. The Morgan fingerprint density at radius 2 is 1.74 bits per heavy atom. The summed E-state index contributed by atoms with van der Waals surface area (Å²) in [5, 5.41) is 3.99. The quantitative estimate of drug-likeness (QED) is 0.800. The lowest BCUT2D eigenvalue weighted by Gasteiger charge is -2.27. The molecule has 0 heterocycles. The van der Waals surface area contributed by atoms with Crippen molar-refractivity contribution in [2.24, 2.45) is 5.92 Å². The van der Waals surface area contributed by atoms with Crippen LogP contribution in [-0.2, 0) is 6.54 Å². The van der Waals surface area contributed by atoms with Crippen LogP contribution in [0.1, 0.15) is 47.9 Å². The molecule has 1 aliphatic carbocycles. The topological polar surface area (TPSA) is 12.0 Å². The zero-order chi connectivity index (χ0) is 13.8. The van der Waals surface area contributed by atoms with E-state index in [1.54, 1.807) is 0 Å². The molecule has 0 amide bonds. The van der Waals surface area contributed by atoms with E-state index in [-0.39, 0.29) is 0 Å². The first-order valence-electron chi connectivity index (χ1n) is 7.49. The zero-order valence-electron chi connectivity index (χ0n) is 12.4. The van der Waals surface area contributed by atoms with Gasteiger partial charge in [-0.1, -0.05) is 30.5 Å². The molecule has 1 saturated carbocycles. The van der Waals surface area contributed by atoms with E-state index in [1.165, 1.54) is 47.9 Å². The van der Waals surface area contributed by atoms with Gasteiger partial charge in [-0.15, -0.1) is 11.6 Å². The first-order chi connectivity index (χ1) is 9.08. The third kappa shape index (κ3) is 3.97. The number of hydrogen-bond acceptors (Lipinski definition) is 1. The molecule has 19 heavy (non-hydrogen) atoms. The first kappa shape index (κ1) is 14.9. The first-order valence-corrected chi connectivity index (χ1v) is 7.93. The predicted molar refractivity (Wildman–Crippen MR) is 84.0 cm³/mol. The van der Waals surface area contributed by atoms with E-state index < -0.39 is 0 Å². The van der Waals surface area contributed by atoms with Gasteiger partial charge in [-0.05, 0) is 62.8 Å². The lowest BCUT2D eigenvalue weighted by Crippen LogP contribution is -2.31. The van der Waals surface area contributed by atoms with E-state index >= 15 is 0 Å². The molecule has 0 radical (unpaired) electrons. The predicted octanol–water partition coefficient (Wildman–Crippen LogP) is 4.50. The Morgan fingerprint density at radius 1 is 1.11 bits per heavy atom. The van der Waals surface area contributed by atoms with E-state index in [4.69, 9.17) is 11.6 Å². The molecule has 2 rings (SSSR count). The lowest BCUT2D eigenvalue weighted by molar-refractivity contribution is 0.348. The van der Waals surface area contributed by atoms with Gasteiger partial charge in [0, 0.05) is 11.9 Å². The molecule has 1 aromatic rings. The number of hydrogen-bond donors (Lipinski definition) is 1. The van der Waals surface area contributed by atoms with Crippen LogP contribution < -0.4 is 5.32 Å². The Hall–Kier alpha value is -0.530. The van der Waals surface area contributed by atoms with Gasteiger partial charge in [0.1, 0.15) is 0 Å². The molecule has 0 bridgehead atoms. The second-order valence-electron chi connectivity index (χ2n) is 6.07. The molecule has 1 fully saturated rings. The lowest BCUT2D eigenvalue weighted by atomic mass is 9.88. The van der Waals surface area contributed by atoms with Crippen molar-refractivity contribution in [1.29, 1.82) is 0 Å². The van der Waals surface area contributed by atoms with Crippen LogP contribution in [0.15, 0.2) is 12.1 Å². The average Bonchev–Trinajstić information content (AvgIpc) is 2.34. The highest BCUT2D eigenvalue weighted by molar-refractivity contribution is 6.20. The third-order valence-corrected chi connectivity index (χ3v) is 4.94. The van der Waals surface area contributed by atoms with Gasteiger partial charge in [-0.25, -0.2) is 0 Å². The minimum Gasteiger partial charge on any atom is -0.312 e. The van der Waals surface area contributed by atoms with Gasteiger partial charge in [0.25, 0.3) is 0 Å². The summed E-state index contributed by atoms with van der Waals surface area (Å²) in [7, 11) is 0. The van der Waals surface area contributed by atoms with Crippen molar-refractivity contribution in [3.05, 3.63) is 34.4 Å². The van der Waals surface area contributed by atoms with Crippen LogP contribution in [0.5, 0.6) is 0 Å². The fraction of sp³-hybridized carbons (Fsp3) is 0.647. The molecule has 1 aromatic carbocycles. The Labute approximate surface area is 122 Å². The maximum Gasteiger partial charge on any atom is 0.0376 e. The molecule has 0 spiro atoms. The second-order valence-corrected chi connectivity index (χ2v) is 6.63. The van der Waals surface area contributed by atoms with Crippen LogP contribution in [0.2, 0.25) is 0 Å². The summed E-state index contributed by atoms with van der Waals surface area (Å²) < 4.78 is 0. The zero-order valence-corrected chi connectivity index (χ0v) is 13.2. The van der Waals surface area contributed by atoms with Crippen molar-refractivity contribution >= 4 is 11.6 Å². The Bertz CT molecular complexity index is 404. The summed E-state index contributed by atoms with van der Waals surface area (Å²) in [6, 6.07) is 4.55.